The largest absolute Gasteiger partial charge is 0.378 e. The van der Waals surface area contributed by atoms with Crippen LogP contribution >= 0.6 is 0 Å². The zero-order valence-corrected chi connectivity index (χ0v) is 8.95. The number of halogens is 2. The van der Waals surface area contributed by atoms with Gasteiger partial charge in [0.05, 0.1) is 19.8 Å². The number of hydrogen-bond acceptors (Lipinski definition) is 3. The fourth-order valence-electron chi connectivity index (χ4n) is 1.28. The van der Waals surface area contributed by atoms with Crippen LogP contribution < -0.4 is 5.32 Å². The first kappa shape index (κ1) is 13.1. The summed E-state index contributed by atoms with van der Waals surface area (Å²) in [5.41, 5.74) is 0. The molecule has 7 heteroatoms. The smallest absolute Gasteiger partial charge is 0.317 e. The SMILES string of the molecule is O=C(NCCOCC(F)F)N1CCOCC1. The van der Waals surface area contributed by atoms with Gasteiger partial charge in [0, 0.05) is 19.6 Å². The fourth-order valence-corrected chi connectivity index (χ4v) is 1.28. The Morgan fingerprint density at radius 3 is 2.75 bits per heavy atom. The maximum atomic E-state index is 11.7. The molecule has 0 atom stereocenters. The molecule has 0 radical (unpaired) electrons. The molecule has 1 saturated heterocycles. The van der Waals surface area contributed by atoms with E-state index < -0.39 is 13.0 Å². The Morgan fingerprint density at radius 1 is 1.44 bits per heavy atom. The normalized spacial score (nSPS) is 16.6. The number of nitrogens with one attached hydrogen (secondary N) is 1. The lowest BCUT2D eigenvalue weighted by Gasteiger charge is -2.26. The van der Waals surface area contributed by atoms with Crippen LogP contribution in [0, 0.1) is 0 Å². The van der Waals surface area contributed by atoms with Crippen LogP contribution in [-0.4, -0.2) is 63.4 Å². The summed E-state index contributed by atoms with van der Waals surface area (Å²) in [5, 5.41) is 2.59. The predicted molar refractivity (Wildman–Crippen MR) is 52.6 cm³/mol. The van der Waals surface area contributed by atoms with Crippen LogP contribution in [0.5, 0.6) is 0 Å². The van der Waals surface area contributed by atoms with E-state index in [1.54, 1.807) is 4.90 Å². The van der Waals surface area contributed by atoms with Crippen LogP contribution in [0.15, 0.2) is 0 Å². The van der Waals surface area contributed by atoms with E-state index in [1.807, 2.05) is 0 Å². The van der Waals surface area contributed by atoms with E-state index in [4.69, 9.17) is 4.74 Å². The lowest BCUT2D eigenvalue weighted by Crippen LogP contribution is -2.46. The van der Waals surface area contributed by atoms with Crippen molar-refractivity contribution in [1.82, 2.24) is 10.2 Å². The molecule has 1 aliphatic heterocycles. The number of urea groups is 1. The second-order valence-electron chi connectivity index (χ2n) is 3.30. The highest BCUT2D eigenvalue weighted by molar-refractivity contribution is 5.74. The Bertz CT molecular complexity index is 211. The molecular formula is C9H16F2N2O3. The van der Waals surface area contributed by atoms with Gasteiger partial charge >= 0.3 is 6.03 Å². The highest BCUT2D eigenvalue weighted by Crippen LogP contribution is 1.96. The van der Waals surface area contributed by atoms with Crippen molar-refractivity contribution in [1.29, 1.82) is 0 Å². The Morgan fingerprint density at radius 2 is 2.12 bits per heavy atom. The number of carbonyl (C=O) groups is 1. The summed E-state index contributed by atoms with van der Waals surface area (Å²) in [6.45, 7) is 1.94. The third-order valence-corrected chi connectivity index (χ3v) is 2.06. The zero-order chi connectivity index (χ0) is 11.8. The van der Waals surface area contributed by atoms with Crippen LogP contribution in [0.3, 0.4) is 0 Å². The maximum absolute atomic E-state index is 11.7. The van der Waals surface area contributed by atoms with Gasteiger partial charge in [0.1, 0.15) is 6.61 Å². The third-order valence-electron chi connectivity index (χ3n) is 2.06. The van der Waals surface area contributed by atoms with Gasteiger partial charge in [-0.1, -0.05) is 0 Å². The minimum Gasteiger partial charge on any atom is -0.378 e. The molecule has 1 heterocycles. The van der Waals surface area contributed by atoms with Gasteiger partial charge in [-0.3, -0.25) is 0 Å². The van der Waals surface area contributed by atoms with Crippen molar-refractivity contribution in [3.8, 4) is 0 Å². The average Bonchev–Trinajstić information content (AvgIpc) is 2.29. The molecule has 1 aliphatic rings. The molecular weight excluding hydrogens is 222 g/mol. The number of amides is 2. The van der Waals surface area contributed by atoms with Crippen LogP contribution in [0.25, 0.3) is 0 Å². The highest BCUT2D eigenvalue weighted by Gasteiger charge is 2.15. The quantitative estimate of drug-likeness (QED) is 0.701. The standard InChI is InChI=1S/C9H16F2N2O3/c10-8(11)7-16-4-1-12-9(14)13-2-5-15-6-3-13/h8H,1-7H2,(H,12,14). The molecule has 0 bridgehead atoms. The summed E-state index contributed by atoms with van der Waals surface area (Å²) in [5.74, 6) is 0. The predicted octanol–water partition coefficient (Wildman–Crippen LogP) is 0.310. The number of morpholine rings is 1. The van der Waals surface area contributed by atoms with Crippen LogP contribution in [0.2, 0.25) is 0 Å². The van der Waals surface area contributed by atoms with Gasteiger partial charge < -0.3 is 19.7 Å². The molecule has 0 aliphatic carbocycles. The minimum absolute atomic E-state index is 0.0976. The van der Waals surface area contributed by atoms with Crippen molar-refractivity contribution in [3.63, 3.8) is 0 Å². The molecule has 0 unspecified atom stereocenters. The number of ether oxygens (including phenoxy) is 2. The summed E-state index contributed by atoms with van der Waals surface area (Å²) < 4.78 is 33.1. The van der Waals surface area contributed by atoms with Crippen molar-refractivity contribution in [3.05, 3.63) is 0 Å². The highest BCUT2D eigenvalue weighted by atomic mass is 19.3. The summed E-state index contributed by atoms with van der Waals surface area (Å²) in [6, 6.07) is -0.205. The second kappa shape index (κ2) is 7.34. The first-order valence-corrected chi connectivity index (χ1v) is 5.16. The number of nitrogens with zero attached hydrogens (tertiary/aromatic N) is 1. The lowest BCUT2D eigenvalue weighted by molar-refractivity contribution is 0.0183. The number of alkyl halides is 2. The molecule has 5 nitrogen and oxygen atoms in total. The summed E-state index contributed by atoms with van der Waals surface area (Å²) in [6.07, 6.45) is -2.46. The van der Waals surface area contributed by atoms with E-state index in [2.05, 4.69) is 10.1 Å². The fraction of sp³-hybridized carbons (Fsp3) is 0.889. The summed E-state index contributed by atoms with van der Waals surface area (Å²) >= 11 is 0. The molecule has 16 heavy (non-hydrogen) atoms. The average molecular weight is 238 g/mol. The number of hydrogen-bond donors (Lipinski definition) is 1. The zero-order valence-electron chi connectivity index (χ0n) is 8.95. The number of carbonyl (C=O) groups excluding carboxylic acids is 1. The van der Waals surface area contributed by atoms with Gasteiger partial charge in [-0.05, 0) is 0 Å². The van der Waals surface area contributed by atoms with Gasteiger partial charge in [0.15, 0.2) is 0 Å². The molecule has 0 aromatic carbocycles. The molecule has 0 saturated carbocycles. The summed E-state index contributed by atoms with van der Waals surface area (Å²) in [7, 11) is 0. The number of rotatable bonds is 5. The van der Waals surface area contributed by atoms with E-state index in [-0.39, 0.29) is 19.2 Å². The second-order valence-corrected chi connectivity index (χ2v) is 3.30. The van der Waals surface area contributed by atoms with Crippen LogP contribution in [0.4, 0.5) is 13.6 Å². The van der Waals surface area contributed by atoms with Crippen LogP contribution in [0.1, 0.15) is 0 Å². The van der Waals surface area contributed by atoms with Gasteiger partial charge in [-0.25, -0.2) is 13.6 Å². The van der Waals surface area contributed by atoms with Crippen molar-refractivity contribution >= 4 is 6.03 Å². The van der Waals surface area contributed by atoms with Gasteiger partial charge in [0.25, 0.3) is 6.43 Å². The molecule has 0 aromatic rings. The molecule has 1 rings (SSSR count). The Kier molecular flexibility index (Phi) is 6.02. The summed E-state index contributed by atoms with van der Waals surface area (Å²) in [4.78, 5) is 13.1. The van der Waals surface area contributed by atoms with E-state index in [9.17, 15) is 13.6 Å². The monoisotopic (exact) mass is 238 g/mol. The molecule has 1 N–H and O–H groups in total. The van der Waals surface area contributed by atoms with E-state index in [0.717, 1.165) is 0 Å². The van der Waals surface area contributed by atoms with E-state index in [1.165, 1.54) is 0 Å². The topological polar surface area (TPSA) is 50.8 Å². The molecule has 0 aromatic heterocycles. The maximum Gasteiger partial charge on any atom is 0.317 e. The molecule has 2 amide bonds. The van der Waals surface area contributed by atoms with Gasteiger partial charge in [-0.2, -0.15) is 0 Å². The van der Waals surface area contributed by atoms with Crippen molar-refractivity contribution in [2.75, 3.05) is 46.1 Å². The van der Waals surface area contributed by atoms with E-state index >= 15 is 0 Å². The minimum atomic E-state index is -2.46. The van der Waals surface area contributed by atoms with Crippen molar-refractivity contribution in [2.45, 2.75) is 6.43 Å². The molecule has 94 valence electrons. The lowest BCUT2D eigenvalue weighted by atomic mass is 10.4. The molecule has 0 spiro atoms. The first-order valence-electron chi connectivity index (χ1n) is 5.16. The van der Waals surface area contributed by atoms with Gasteiger partial charge in [-0.15, -0.1) is 0 Å². The molecule has 1 fully saturated rings. The first-order chi connectivity index (χ1) is 7.70. The van der Waals surface area contributed by atoms with Crippen molar-refractivity contribution < 1.29 is 23.0 Å². The Hall–Kier alpha value is -0.950. The third kappa shape index (κ3) is 5.22. The Labute approximate surface area is 92.7 Å². The van der Waals surface area contributed by atoms with Gasteiger partial charge in [0.2, 0.25) is 0 Å². The van der Waals surface area contributed by atoms with Crippen molar-refractivity contribution in [2.24, 2.45) is 0 Å². The van der Waals surface area contributed by atoms with E-state index in [0.29, 0.717) is 26.3 Å². The van der Waals surface area contributed by atoms with Crippen LogP contribution in [-0.2, 0) is 9.47 Å². The Balaban J connectivity index is 2.01.